The van der Waals surface area contributed by atoms with Crippen molar-refractivity contribution in [2.45, 2.75) is 0 Å². The van der Waals surface area contributed by atoms with Gasteiger partial charge in [-0.1, -0.05) is 35.0 Å². The molecule has 0 aliphatic heterocycles. The fourth-order valence-electron chi connectivity index (χ4n) is 1.74. The number of aromatic nitrogens is 3. The number of hydrogen-bond acceptors (Lipinski definition) is 3. The third kappa shape index (κ3) is 2.43. The lowest BCUT2D eigenvalue weighted by atomic mass is 10.3. The molecule has 0 radical (unpaired) electrons. The molecule has 0 bridgehead atoms. The van der Waals surface area contributed by atoms with Crippen LogP contribution in [0.3, 0.4) is 0 Å². The Bertz CT molecular complexity index is 739. The fraction of sp³-hybridized carbons (Fsp3) is 0. The molecule has 94 valence electrons. The first-order valence-electron chi connectivity index (χ1n) is 5.61. The Morgan fingerprint density at radius 1 is 1.16 bits per heavy atom. The SMILES string of the molecule is S=C(Nc1ccccc1)n1nnc2cc(Cl)ccc21. The molecule has 1 heterocycles. The van der Waals surface area contributed by atoms with Crippen LogP contribution in [-0.4, -0.2) is 20.1 Å². The van der Waals surface area contributed by atoms with Crippen molar-refractivity contribution >= 4 is 45.7 Å². The first-order valence-corrected chi connectivity index (χ1v) is 6.40. The van der Waals surface area contributed by atoms with Crippen molar-refractivity contribution in [3.05, 3.63) is 53.6 Å². The molecular weight excluding hydrogens is 280 g/mol. The van der Waals surface area contributed by atoms with Crippen molar-refractivity contribution in [3.8, 4) is 0 Å². The molecule has 2 aromatic carbocycles. The summed E-state index contributed by atoms with van der Waals surface area (Å²) >= 11 is 11.2. The number of halogens is 1. The van der Waals surface area contributed by atoms with Crippen molar-refractivity contribution in [3.63, 3.8) is 0 Å². The van der Waals surface area contributed by atoms with Gasteiger partial charge in [-0.3, -0.25) is 0 Å². The van der Waals surface area contributed by atoms with Gasteiger partial charge in [0.25, 0.3) is 0 Å². The lowest BCUT2D eigenvalue weighted by molar-refractivity contribution is 0.870. The van der Waals surface area contributed by atoms with E-state index in [2.05, 4.69) is 15.6 Å². The van der Waals surface area contributed by atoms with E-state index in [1.807, 2.05) is 36.4 Å². The van der Waals surface area contributed by atoms with Crippen molar-refractivity contribution in [2.24, 2.45) is 0 Å². The summed E-state index contributed by atoms with van der Waals surface area (Å²) in [5.74, 6) is 0. The fourth-order valence-corrected chi connectivity index (χ4v) is 2.16. The van der Waals surface area contributed by atoms with Gasteiger partial charge in [0, 0.05) is 10.7 Å². The zero-order valence-corrected chi connectivity index (χ0v) is 11.3. The average molecular weight is 289 g/mol. The third-order valence-electron chi connectivity index (χ3n) is 2.62. The molecule has 0 saturated heterocycles. The third-order valence-corrected chi connectivity index (χ3v) is 3.14. The maximum Gasteiger partial charge on any atom is 0.200 e. The van der Waals surface area contributed by atoms with Gasteiger partial charge < -0.3 is 5.32 Å². The second kappa shape index (κ2) is 4.95. The molecule has 3 aromatic rings. The Balaban J connectivity index is 1.94. The second-order valence-corrected chi connectivity index (χ2v) is 4.75. The summed E-state index contributed by atoms with van der Waals surface area (Å²) in [5.41, 5.74) is 2.44. The molecule has 0 atom stereocenters. The number of benzene rings is 2. The number of para-hydroxylation sites is 1. The number of rotatable bonds is 1. The summed E-state index contributed by atoms with van der Waals surface area (Å²) in [6.45, 7) is 0. The quantitative estimate of drug-likeness (QED) is 0.698. The normalized spacial score (nSPS) is 10.6. The summed E-state index contributed by atoms with van der Waals surface area (Å²) in [4.78, 5) is 0. The highest BCUT2D eigenvalue weighted by Crippen LogP contribution is 2.17. The van der Waals surface area contributed by atoms with Crippen LogP contribution in [0, 0.1) is 0 Å². The van der Waals surface area contributed by atoms with E-state index >= 15 is 0 Å². The van der Waals surface area contributed by atoms with Crippen molar-refractivity contribution in [1.29, 1.82) is 0 Å². The molecular formula is C13H9ClN4S. The minimum absolute atomic E-state index is 0.469. The standard InChI is InChI=1S/C13H9ClN4S/c14-9-6-7-12-11(8-9)16-17-18(12)13(19)15-10-4-2-1-3-5-10/h1-8H,(H,15,19). The number of nitrogens with zero attached hydrogens (tertiary/aromatic N) is 3. The van der Waals surface area contributed by atoms with Crippen LogP contribution in [0.2, 0.25) is 5.02 Å². The van der Waals surface area contributed by atoms with Gasteiger partial charge in [-0.25, -0.2) is 0 Å². The predicted molar refractivity (Wildman–Crippen MR) is 80.6 cm³/mol. The van der Waals surface area contributed by atoms with Gasteiger partial charge in [-0.05, 0) is 42.5 Å². The van der Waals surface area contributed by atoms with Crippen LogP contribution in [-0.2, 0) is 0 Å². The molecule has 0 amide bonds. The molecule has 0 spiro atoms. The molecule has 0 unspecified atom stereocenters. The summed E-state index contributed by atoms with van der Waals surface area (Å²) in [7, 11) is 0. The van der Waals surface area contributed by atoms with E-state index in [1.165, 1.54) is 0 Å². The zero-order valence-electron chi connectivity index (χ0n) is 9.75. The summed E-state index contributed by atoms with van der Waals surface area (Å²) in [6.07, 6.45) is 0. The highest BCUT2D eigenvalue weighted by molar-refractivity contribution is 7.80. The monoisotopic (exact) mass is 288 g/mol. The van der Waals surface area contributed by atoms with Gasteiger partial charge in [0.2, 0.25) is 5.11 Å². The molecule has 1 aromatic heterocycles. The molecule has 0 aliphatic carbocycles. The Kier molecular flexibility index (Phi) is 3.15. The molecule has 1 N–H and O–H groups in total. The van der Waals surface area contributed by atoms with E-state index in [9.17, 15) is 0 Å². The topological polar surface area (TPSA) is 42.7 Å². The maximum absolute atomic E-state index is 5.91. The Morgan fingerprint density at radius 2 is 1.95 bits per heavy atom. The first-order chi connectivity index (χ1) is 9.24. The van der Waals surface area contributed by atoms with Gasteiger partial charge in [0.15, 0.2) is 0 Å². The summed E-state index contributed by atoms with van der Waals surface area (Å²) < 4.78 is 1.58. The van der Waals surface area contributed by atoms with Crippen LogP contribution in [0.4, 0.5) is 5.69 Å². The molecule has 0 fully saturated rings. The second-order valence-electron chi connectivity index (χ2n) is 3.93. The van der Waals surface area contributed by atoms with E-state index in [1.54, 1.807) is 16.8 Å². The molecule has 4 nitrogen and oxygen atoms in total. The summed E-state index contributed by atoms with van der Waals surface area (Å²) in [5, 5.41) is 12.3. The van der Waals surface area contributed by atoms with Crippen molar-refractivity contribution in [1.82, 2.24) is 15.0 Å². The molecule has 0 saturated carbocycles. The molecule has 3 rings (SSSR count). The number of hydrogen-bond donors (Lipinski definition) is 1. The zero-order chi connectivity index (χ0) is 13.2. The van der Waals surface area contributed by atoms with Crippen LogP contribution in [0.25, 0.3) is 11.0 Å². The number of nitrogens with one attached hydrogen (secondary N) is 1. The maximum atomic E-state index is 5.91. The van der Waals surface area contributed by atoms with E-state index in [0.29, 0.717) is 15.7 Å². The highest BCUT2D eigenvalue weighted by atomic mass is 35.5. The van der Waals surface area contributed by atoms with Crippen molar-refractivity contribution < 1.29 is 0 Å². The van der Waals surface area contributed by atoms with E-state index < -0.39 is 0 Å². The minimum Gasteiger partial charge on any atom is -0.331 e. The largest absolute Gasteiger partial charge is 0.331 e. The molecule has 6 heteroatoms. The Labute approximate surface area is 120 Å². The van der Waals surface area contributed by atoms with Crippen LogP contribution in [0.5, 0.6) is 0 Å². The van der Waals surface area contributed by atoms with Crippen LogP contribution >= 0.6 is 23.8 Å². The van der Waals surface area contributed by atoms with Crippen LogP contribution in [0.1, 0.15) is 0 Å². The van der Waals surface area contributed by atoms with Gasteiger partial charge in [0.1, 0.15) is 5.52 Å². The van der Waals surface area contributed by atoms with Gasteiger partial charge >= 0.3 is 0 Å². The minimum atomic E-state index is 0.469. The summed E-state index contributed by atoms with van der Waals surface area (Å²) in [6, 6.07) is 15.1. The van der Waals surface area contributed by atoms with Crippen LogP contribution < -0.4 is 5.32 Å². The lowest BCUT2D eigenvalue weighted by Gasteiger charge is -2.07. The number of thiocarbonyl (C=S) groups is 1. The Morgan fingerprint density at radius 3 is 2.74 bits per heavy atom. The highest BCUT2D eigenvalue weighted by Gasteiger charge is 2.09. The molecule has 0 aliphatic rings. The van der Waals surface area contributed by atoms with E-state index in [4.69, 9.17) is 23.8 Å². The van der Waals surface area contributed by atoms with Gasteiger partial charge in [-0.2, -0.15) is 4.68 Å². The van der Waals surface area contributed by atoms with E-state index in [0.717, 1.165) is 11.2 Å². The molecule has 19 heavy (non-hydrogen) atoms. The first kappa shape index (κ1) is 12.1. The van der Waals surface area contributed by atoms with Crippen molar-refractivity contribution in [2.75, 3.05) is 5.32 Å². The number of fused-ring (bicyclic) bond motifs is 1. The van der Waals surface area contributed by atoms with Crippen LogP contribution in [0.15, 0.2) is 48.5 Å². The van der Waals surface area contributed by atoms with E-state index in [-0.39, 0.29) is 0 Å². The predicted octanol–water partition coefficient (Wildman–Crippen LogP) is 3.33. The Hall–Kier alpha value is -1.98. The lowest BCUT2D eigenvalue weighted by Crippen LogP contribution is -2.20. The number of anilines is 1. The smallest absolute Gasteiger partial charge is 0.200 e. The van der Waals surface area contributed by atoms with Gasteiger partial charge in [-0.15, -0.1) is 5.10 Å². The van der Waals surface area contributed by atoms with Gasteiger partial charge in [0.05, 0.1) is 5.52 Å². The average Bonchev–Trinajstić information content (AvgIpc) is 2.82.